The molecule has 1 amide bonds. The highest BCUT2D eigenvalue weighted by molar-refractivity contribution is 5.94. The maximum absolute atomic E-state index is 11.7. The monoisotopic (exact) mass is 206 g/mol. The van der Waals surface area contributed by atoms with E-state index >= 15 is 0 Å². The molecule has 0 atom stereocenters. The Morgan fingerprint density at radius 3 is 2.13 bits per heavy atom. The van der Waals surface area contributed by atoms with Gasteiger partial charge in [0.15, 0.2) is 0 Å². The van der Waals surface area contributed by atoms with E-state index in [0.717, 1.165) is 16.8 Å². The van der Waals surface area contributed by atoms with Crippen molar-refractivity contribution in [1.82, 2.24) is 4.90 Å². The van der Waals surface area contributed by atoms with Crippen LogP contribution in [0.25, 0.3) is 0 Å². The summed E-state index contributed by atoms with van der Waals surface area (Å²) < 4.78 is 0. The fraction of sp³-hybridized carbons (Fsp3) is 0.417. The van der Waals surface area contributed by atoms with Crippen LogP contribution < -0.4 is 4.90 Å². The van der Waals surface area contributed by atoms with E-state index in [4.69, 9.17) is 0 Å². The Bertz CT molecular complexity index is 370. The summed E-state index contributed by atoms with van der Waals surface area (Å²) in [4.78, 5) is 15.3. The molecule has 0 saturated heterocycles. The van der Waals surface area contributed by atoms with Gasteiger partial charge in [-0.1, -0.05) is 0 Å². The zero-order valence-corrected chi connectivity index (χ0v) is 10.0. The predicted molar refractivity (Wildman–Crippen MR) is 63.5 cm³/mol. The lowest BCUT2D eigenvalue weighted by atomic mass is 10.1. The molecule has 1 aromatic carbocycles. The Morgan fingerprint density at radius 1 is 1.13 bits per heavy atom. The lowest BCUT2D eigenvalue weighted by Crippen LogP contribution is -2.22. The van der Waals surface area contributed by atoms with Gasteiger partial charge in [0.1, 0.15) is 0 Å². The summed E-state index contributed by atoms with van der Waals surface area (Å²) in [6.45, 7) is 2.02. The van der Waals surface area contributed by atoms with Crippen molar-refractivity contribution in [2.24, 2.45) is 0 Å². The van der Waals surface area contributed by atoms with Crippen LogP contribution in [0.1, 0.15) is 15.9 Å². The van der Waals surface area contributed by atoms with Gasteiger partial charge in [-0.05, 0) is 30.7 Å². The van der Waals surface area contributed by atoms with Crippen molar-refractivity contribution in [2.45, 2.75) is 6.92 Å². The molecule has 3 heteroatoms. The summed E-state index contributed by atoms with van der Waals surface area (Å²) in [5.41, 5.74) is 3.00. The van der Waals surface area contributed by atoms with Crippen LogP contribution in [0.3, 0.4) is 0 Å². The SMILES string of the molecule is Cc1cc(C(=O)N(C)C)ccc1N(C)C. The van der Waals surface area contributed by atoms with Crippen LogP contribution in [-0.4, -0.2) is 39.0 Å². The van der Waals surface area contributed by atoms with Gasteiger partial charge in [-0.15, -0.1) is 0 Å². The van der Waals surface area contributed by atoms with Gasteiger partial charge in [0.05, 0.1) is 0 Å². The number of carbonyl (C=O) groups excluding carboxylic acids is 1. The number of aryl methyl sites for hydroxylation is 1. The molecule has 0 aromatic heterocycles. The molecule has 15 heavy (non-hydrogen) atoms. The Hall–Kier alpha value is -1.51. The molecular weight excluding hydrogens is 188 g/mol. The van der Waals surface area contributed by atoms with Crippen molar-refractivity contribution < 1.29 is 4.79 Å². The minimum atomic E-state index is 0.0448. The van der Waals surface area contributed by atoms with Crippen molar-refractivity contribution in [1.29, 1.82) is 0 Å². The highest BCUT2D eigenvalue weighted by Gasteiger charge is 2.09. The van der Waals surface area contributed by atoms with Crippen molar-refractivity contribution >= 4 is 11.6 Å². The molecule has 0 N–H and O–H groups in total. The number of carbonyl (C=O) groups is 1. The Balaban J connectivity index is 3.07. The van der Waals surface area contributed by atoms with Crippen LogP contribution >= 0.6 is 0 Å². The Kier molecular flexibility index (Phi) is 3.35. The van der Waals surface area contributed by atoms with Gasteiger partial charge in [-0.3, -0.25) is 4.79 Å². The third-order valence-electron chi connectivity index (χ3n) is 2.33. The molecule has 82 valence electrons. The highest BCUT2D eigenvalue weighted by atomic mass is 16.2. The third kappa shape index (κ3) is 2.49. The summed E-state index contributed by atoms with van der Waals surface area (Å²) in [5.74, 6) is 0.0448. The topological polar surface area (TPSA) is 23.6 Å². The molecule has 0 aliphatic carbocycles. The van der Waals surface area contributed by atoms with E-state index in [1.54, 1.807) is 19.0 Å². The number of hydrogen-bond acceptors (Lipinski definition) is 2. The van der Waals surface area contributed by atoms with Gasteiger partial charge in [0.2, 0.25) is 0 Å². The summed E-state index contributed by atoms with van der Waals surface area (Å²) in [6, 6.07) is 5.77. The molecule has 0 unspecified atom stereocenters. The zero-order valence-electron chi connectivity index (χ0n) is 10.0. The molecule has 0 aliphatic heterocycles. The first-order valence-corrected chi connectivity index (χ1v) is 4.93. The summed E-state index contributed by atoms with van der Waals surface area (Å²) in [5, 5.41) is 0. The van der Waals surface area contributed by atoms with Crippen LogP contribution in [0.4, 0.5) is 5.69 Å². The van der Waals surface area contributed by atoms with Crippen molar-refractivity contribution in [3.63, 3.8) is 0 Å². The first kappa shape index (κ1) is 11.6. The maximum atomic E-state index is 11.7. The second-order valence-electron chi connectivity index (χ2n) is 4.10. The van der Waals surface area contributed by atoms with Crippen LogP contribution in [0.15, 0.2) is 18.2 Å². The molecule has 0 aliphatic rings. The Morgan fingerprint density at radius 2 is 1.73 bits per heavy atom. The Labute approximate surface area is 91.3 Å². The van der Waals surface area contributed by atoms with Crippen LogP contribution in [0, 0.1) is 6.92 Å². The molecular formula is C12H18N2O. The van der Waals surface area contributed by atoms with E-state index in [1.165, 1.54) is 0 Å². The lowest BCUT2D eigenvalue weighted by molar-refractivity contribution is 0.0827. The molecule has 0 fully saturated rings. The average molecular weight is 206 g/mol. The fourth-order valence-electron chi connectivity index (χ4n) is 1.55. The van der Waals surface area contributed by atoms with Gasteiger partial charge in [0.25, 0.3) is 5.91 Å². The number of hydrogen-bond donors (Lipinski definition) is 0. The normalized spacial score (nSPS) is 9.93. The van der Waals surface area contributed by atoms with E-state index in [1.807, 2.05) is 44.1 Å². The first-order chi connectivity index (χ1) is 6.93. The number of amides is 1. The molecule has 3 nitrogen and oxygen atoms in total. The number of benzene rings is 1. The summed E-state index contributed by atoms with van der Waals surface area (Å²) in [6.07, 6.45) is 0. The molecule has 0 saturated carbocycles. The van der Waals surface area contributed by atoms with Gasteiger partial charge < -0.3 is 9.80 Å². The van der Waals surface area contributed by atoms with E-state index in [2.05, 4.69) is 0 Å². The van der Waals surface area contributed by atoms with Crippen molar-refractivity contribution in [3.05, 3.63) is 29.3 Å². The molecule has 1 aromatic rings. The van der Waals surface area contributed by atoms with Crippen LogP contribution in [0.2, 0.25) is 0 Å². The summed E-state index contributed by atoms with van der Waals surface area (Å²) >= 11 is 0. The third-order valence-corrected chi connectivity index (χ3v) is 2.33. The second kappa shape index (κ2) is 4.34. The van der Waals surface area contributed by atoms with E-state index in [9.17, 15) is 4.79 Å². The molecule has 0 spiro atoms. The highest BCUT2D eigenvalue weighted by Crippen LogP contribution is 2.19. The molecule has 0 bridgehead atoms. The lowest BCUT2D eigenvalue weighted by Gasteiger charge is -2.17. The standard InChI is InChI=1S/C12H18N2O/c1-9-8-10(12(15)14(4)5)6-7-11(9)13(2)3/h6-8H,1-5H3. The molecule has 0 heterocycles. The van der Waals surface area contributed by atoms with Crippen molar-refractivity contribution in [3.8, 4) is 0 Å². The zero-order chi connectivity index (χ0) is 11.6. The van der Waals surface area contributed by atoms with Gasteiger partial charge in [-0.25, -0.2) is 0 Å². The number of nitrogens with zero attached hydrogens (tertiary/aromatic N) is 2. The minimum absolute atomic E-state index is 0.0448. The number of rotatable bonds is 2. The first-order valence-electron chi connectivity index (χ1n) is 4.93. The smallest absolute Gasteiger partial charge is 0.253 e. The average Bonchev–Trinajstić information content (AvgIpc) is 2.15. The van der Waals surface area contributed by atoms with E-state index in [-0.39, 0.29) is 5.91 Å². The van der Waals surface area contributed by atoms with Gasteiger partial charge >= 0.3 is 0 Å². The fourth-order valence-corrected chi connectivity index (χ4v) is 1.55. The van der Waals surface area contributed by atoms with Crippen molar-refractivity contribution in [2.75, 3.05) is 33.1 Å². The molecule has 0 radical (unpaired) electrons. The van der Waals surface area contributed by atoms with Crippen LogP contribution in [0.5, 0.6) is 0 Å². The second-order valence-corrected chi connectivity index (χ2v) is 4.10. The van der Waals surface area contributed by atoms with Gasteiger partial charge in [0, 0.05) is 39.4 Å². The summed E-state index contributed by atoms with van der Waals surface area (Å²) in [7, 11) is 7.51. The van der Waals surface area contributed by atoms with E-state index < -0.39 is 0 Å². The maximum Gasteiger partial charge on any atom is 0.253 e. The van der Waals surface area contributed by atoms with Gasteiger partial charge in [-0.2, -0.15) is 0 Å². The van der Waals surface area contributed by atoms with Crippen LogP contribution in [-0.2, 0) is 0 Å². The van der Waals surface area contributed by atoms with E-state index in [0.29, 0.717) is 0 Å². The number of anilines is 1. The predicted octanol–water partition coefficient (Wildman–Crippen LogP) is 1.76. The quantitative estimate of drug-likeness (QED) is 0.736. The molecule has 1 rings (SSSR count). The minimum Gasteiger partial charge on any atom is -0.377 e. The largest absolute Gasteiger partial charge is 0.377 e.